The third-order valence-corrected chi connectivity index (χ3v) is 4.56. The van der Waals surface area contributed by atoms with Crippen molar-refractivity contribution in [3.8, 4) is 0 Å². The van der Waals surface area contributed by atoms with Crippen LogP contribution in [0.5, 0.6) is 0 Å². The SMILES string of the molecule is Cc1cc(NC(c2ccccc2)c2ccccn2)c2cccc([N+](=O)[O-])c2n1. The number of nitrogens with one attached hydrogen (secondary N) is 1. The van der Waals surface area contributed by atoms with Crippen molar-refractivity contribution in [2.75, 3.05) is 5.32 Å². The predicted octanol–water partition coefficient (Wildman–Crippen LogP) is 5.05. The summed E-state index contributed by atoms with van der Waals surface area (Å²) in [7, 11) is 0. The van der Waals surface area contributed by atoms with E-state index in [2.05, 4.69) is 15.3 Å². The number of hydrogen-bond acceptors (Lipinski definition) is 5. The average Bonchev–Trinajstić information content (AvgIpc) is 2.72. The van der Waals surface area contributed by atoms with E-state index < -0.39 is 4.92 Å². The normalized spacial score (nSPS) is 11.9. The van der Waals surface area contributed by atoms with Gasteiger partial charge in [-0.15, -0.1) is 0 Å². The van der Waals surface area contributed by atoms with Crippen molar-refractivity contribution >= 4 is 22.3 Å². The maximum absolute atomic E-state index is 11.4. The van der Waals surface area contributed by atoms with E-state index >= 15 is 0 Å². The van der Waals surface area contributed by atoms with E-state index in [4.69, 9.17) is 0 Å². The topological polar surface area (TPSA) is 81.0 Å². The van der Waals surface area contributed by atoms with Crippen molar-refractivity contribution in [3.05, 3.63) is 106 Å². The standard InChI is InChI=1S/C22H18N4O2/c1-15-14-19(17-10-7-12-20(26(27)28)22(17)24-15)25-21(16-8-3-2-4-9-16)18-11-5-6-13-23-18/h2-14,21H,1H3,(H,24,25). The molecule has 0 aliphatic carbocycles. The van der Waals surface area contributed by atoms with Crippen molar-refractivity contribution in [2.45, 2.75) is 13.0 Å². The summed E-state index contributed by atoms with van der Waals surface area (Å²) in [4.78, 5) is 20.0. The van der Waals surface area contributed by atoms with Gasteiger partial charge in [0, 0.05) is 29.0 Å². The maximum Gasteiger partial charge on any atom is 0.295 e. The highest BCUT2D eigenvalue weighted by atomic mass is 16.6. The highest BCUT2D eigenvalue weighted by Gasteiger charge is 2.20. The number of benzene rings is 2. The number of hydrogen-bond donors (Lipinski definition) is 1. The molecule has 2 aromatic carbocycles. The molecule has 4 aromatic rings. The van der Waals surface area contributed by atoms with E-state index in [0.717, 1.165) is 16.9 Å². The van der Waals surface area contributed by atoms with Gasteiger partial charge in [-0.2, -0.15) is 0 Å². The number of nitro groups is 1. The molecule has 1 N–H and O–H groups in total. The van der Waals surface area contributed by atoms with E-state index in [-0.39, 0.29) is 11.7 Å². The monoisotopic (exact) mass is 370 g/mol. The Labute approximate surface area is 162 Å². The molecule has 0 aliphatic rings. The van der Waals surface area contributed by atoms with Gasteiger partial charge in [-0.25, -0.2) is 4.98 Å². The first kappa shape index (κ1) is 17.6. The molecule has 4 rings (SSSR count). The average molecular weight is 370 g/mol. The predicted molar refractivity (Wildman–Crippen MR) is 109 cm³/mol. The third-order valence-electron chi connectivity index (χ3n) is 4.56. The summed E-state index contributed by atoms with van der Waals surface area (Å²) < 4.78 is 0. The van der Waals surface area contributed by atoms with Crippen LogP contribution in [0.3, 0.4) is 0 Å². The molecule has 1 unspecified atom stereocenters. The molecule has 2 heterocycles. The van der Waals surface area contributed by atoms with Crippen LogP contribution in [0.1, 0.15) is 23.0 Å². The van der Waals surface area contributed by atoms with Gasteiger partial charge >= 0.3 is 0 Å². The zero-order valence-electron chi connectivity index (χ0n) is 15.2. The van der Waals surface area contributed by atoms with Gasteiger partial charge in [-0.05, 0) is 30.7 Å². The lowest BCUT2D eigenvalue weighted by molar-refractivity contribution is -0.383. The number of para-hydroxylation sites is 1. The zero-order valence-corrected chi connectivity index (χ0v) is 15.2. The van der Waals surface area contributed by atoms with Gasteiger partial charge < -0.3 is 5.32 Å². The molecule has 2 aromatic heterocycles. The Balaban J connectivity index is 1.87. The van der Waals surface area contributed by atoms with Crippen LogP contribution in [0.25, 0.3) is 10.9 Å². The molecule has 138 valence electrons. The second-order valence-electron chi connectivity index (χ2n) is 6.48. The van der Waals surface area contributed by atoms with Crippen LogP contribution in [-0.4, -0.2) is 14.9 Å². The smallest absolute Gasteiger partial charge is 0.295 e. The van der Waals surface area contributed by atoms with Crippen molar-refractivity contribution in [2.24, 2.45) is 0 Å². The molecule has 0 saturated carbocycles. The number of nitrogens with zero attached hydrogens (tertiary/aromatic N) is 3. The molecule has 0 amide bonds. The molecule has 28 heavy (non-hydrogen) atoms. The number of fused-ring (bicyclic) bond motifs is 1. The van der Waals surface area contributed by atoms with E-state index in [1.807, 2.05) is 67.6 Å². The summed E-state index contributed by atoms with van der Waals surface area (Å²) in [5.41, 5.74) is 3.78. The van der Waals surface area contributed by atoms with Gasteiger partial charge in [-0.3, -0.25) is 15.1 Å². The van der Waals surface area contributed by atoms with Gasteiger partial charge in [-0.1, -0.05) is 48.5 Å². The molecule has 0 radical (unpaired) electrons. The van der Waals surface area contributed by atoms with E-state index in [1.165, 1.54) is 6.07 Å². The van der Waals surface area contributed by atoms with E-state index in [0.29, 0.717) is 16.6 Å². The van der Waals surface area contributed by atoms with Crippen LogP contribution in [0.4, 0.5) is 11.4 Å². The Morgan fingerprint density at radius 1 is 1.00 bits per heavy atom. The molecule has 1 atom stereocenters. The summed E-state index contributed by atoms with van der Waals surface area (Å²) >= 11 is 0. The van der Waals surface area contributed by atoms with Crippen molar-refractivity contribution < 1.29 is 4.92 Å². The number of aryl methyl sites for hydroxylation is 1. The maximum atomic E-state index is 11.4. The summed E-state index contributed by atoms with van der Waals surface area (Å²) in [6, 6.07) is 22.5. The minimum Gasteiger partial charge on any atom is -0.372 e. The Bertz CT molecular complexity index is 1090. The molecule has 0 aliphatic heterocycles. The number of pyridine rings is 2. The Kier molecular flexibility index (Phi) is 4.68. The molecule has 6 nitrogen and oxygen atoms in total. The summed E-state index contributed by atoms with van der Waals surface area (Å²) in [5, 5.41) is 15.7. The summed E-state index contributed by atoms with van der Waals surface area (Å²) in [5.74, 6) is 0. The van der Waals surface area contributed by atoms with Crippen LogP contribution in [-0.2, 0) is 0 Å². The fourth-order valence-corrected chi connectivity index (χ4v) is 3.30. The molecule has 0 saturated heterocycles. The number of anilines is 1. The van der Waals surface area contributed by atoms with E-state index in [9.17, 15) is 10.1 Å². The lowest BCUT2D eigenvalue weighted by Gasteiger charge is -2.21. The van der Waals surface area contributed by atoms with Crippen LogP contribution >= 0.6 is 0 Å². The second-order valence-corrected chi connectivity index (χ2v) is 6.48. The first-order chi connectivity index (χ1) is 13.6. The van der Waals surface area contributed by atoms with Crippen molar-refractivity contribution in [3.63, 3.8) is 0 Å². The van der Waals surface area contributed by atoms with Crippen LogP contribution in [0, 0.1) is 17.0 Å². The van der Waals surface area contributed by atoms with Crippen molar-refractivity contribution in [1.82, 2.24) is 9.97 Å². The van der Waals surface area contributed by atoms with Gasteiger partial charge in [0.2, 0.25) is 0 Å². The first-order valence-corrected chi connectivity index (χ1v) is 8.90. The Morgan fingerprint density at radius 3 is 2.50 bits per heavy atom. The third kappa shape index (κ3) is 3.40. The van der Waals surface area contributed by atoms with Crippen LogP contribution in [0.2, 0.25) is 0 Å². The van der Waals surface area contributed by atoms with Gasteiger partial charge in [0.05, 0.1) is 16.7 Å². The minimum atomic E-state index is -0.397. The fourth-order valence-electron chi connectivity index (χ4n) is 3.30. The molecule has 6 heteroatoms. The summed E-state index contributed by atoms with van der Waals surface area (Å²) in [6.07, 6.45) is 1.76. The number of aromatic nitrogens is 2. The first-order valence-electron chi connectivity index (χ1n) is 8.90. The van der Waals surface area contributed by atoms with Crippen LogP contribution < -0.4 is 5.32 Å². The number of non-ortho nitro benzene ring substituents is 1. The molecule has 0 bridgehead atoms. The molecular weight excluding hydrogens is 352 g/mol. The van der Waals surface area contributed by atoms with Crippen molar-refractivity contribution in [1.29, 1.82) is 0 Å². The minimum absolute atomic E-state index is 0.00153. The van der Waals surface area contributed by atoms with Gasteiger partial charge in [0.25, 0.3) is 5.69 Å². The lowest BCUT2D eigenvalue weighted by Crippen LogP contribution is -2.14. The van der Waals surface area contributed by atoms with E-state index in [1.54, 1.807) is 12.3 Å². The quantitative estimate of drug-likeness (QED) is 0.393. The lowest BCUT2D eigenvalue weighted by atomic mass is 10.0. The largest absolute Gasteiger partial charge is 0.372 e. The molecular formula is C22H18N4O2. The number of nitro benzene ring substituents is 1. The Morgan fingerprint density at radius 2 is 1.79 bits per heavy atom. The fraction of sp³-hybridized carbons (Fsp3) is 0.0909. The highest BCUT2D eigenvalue weighted by molar-refractivity contribution is 5.96. The second kappa shape index (κ2) is 7.44. The molecule has 0 fully saturated rings. The molecule has 0 spiro atoms. The zero-order chi connectivity index (χ0) is 19.5. The Hall–Kier alpha value is -3.80. The number of rotatable bonds is 5. The highest BCUT2D eigenvalue weighted by Crippen LogP contribution is 2.33. The summed E-state index contributed by atoms with van der Waals surface area (Å²) in [6.45, 7) is 1.83. The van der Waals surface area contributed by atoms with Gasteiger partial charge in [0.1, 0.15) is 0 Å². The van der Waals surface area contributed by atoms with Crippen LogP contribution in [0.15, 0.2) is 79.0 Å². The van der Waals surface area contributed by atoms with Gasteiger partial charge in [0.15, 0.2) is 5.52 Å².